The van der Waals surface area contributed by atoms with Gasteiger partial charge in [-0.2, -0.15) is 0 Å². The molecule has 3 aromatic rings. The number of hydrogen-bond donors (Lipinski definition) is 2. The van der Waals surface area contributed by atoms with Crippen molar-refractivity contribution in [2.45, 2.75) is 25.0 Å². The minimum Gasteiger partial charge on any atom is -0.388 e. The van der Waals surface area contributed by atoms with Crippen molar-refractivity contribution in [1.29, 1.82) is 0 Å². The molecule has 0 heterocycles. The van der Waals surface area contributed by atoms with E-state index < -0.39 is 11.7 Å². The van der Waals surface area contributed by atoms with E-state index in [0.717, 1.165) is 16.7 Å². The van der Waals surface area contributed by atoms with E-state index in [1.165, 1.54) is 0 Å². The van der Waals surface area contributed by atoms with Crippen molar-refractivity contribution in [3.63, 3.8) is 0 Å². The maximum Gasteiger partial charge on any atom is 0.0990 e. The van der Waals surface area contributed by atoms with Crippen LogP contribution in [0, 0.1) is 5.92 Å². The van der Waals surface area contributed by atoms with Crippen LogP contribution in [0.4, 0.5) is 0 Å². The SMILES string of the molecule is C[C@@H]([C@H](O)c1ccccc1)[C@](O)(Cc1ccccc1)c1ccccc1. The van der Waals surface area contributed by atoms with E-state index >= 15 is 0 Å². The summed E-state index contributed by atoms with van der Waals surface area (Å²) in [6, 6.07) is 29.1. The van der Waals surface area contributed by atoms with Gasteiger partial charge in [-0.15, -0.1) is 0 Å². The number of benzene rings is 3. The molecule has 25 heavy (non-hydrogen) atoms. The van der Waals surface area contributed by atoms with Gasteiger partial charge in [-0.25, -0.2) is 0 Å². The Morgan fingerprint density at radius 1 is 0.760 bits per heavy atom. The van der Waals surface area contributed by atoms with Crippen molar-refractivity contribution >= 4 is 0 Å². The molecule has 0 aliphatic rings. The molecule has 0 saturated carbocycles. The molecule has 0 spiro atoms. The van der Waals surface area contributed by atoms with E-state index in [1.807, 2.05) is 97.9 Å². The van der Waals surface area contributed by atoms with Gasteiger partial charge in [0.05, 0.1) is 11.7 Å². The van der Waals surface area contributed by atoms with Gasteiger partial charge in [-0.3, -0.25) is 0 Å². The van der Waals surface area contributed by atoms with E-state index in [-0.39, 0.29) is 5.92 Å². The summed E-state index contributed by atoms with van der Waals surface area (Å²) in [5.74, 6) is -0.377. The molecular formula is C23H24O2. The van der Waals surface area contributed by atoms with Crippen LogP contribution in [0.3, 0.4) is 0 Å². The Morgan fingerprint density at radius 2 is 1.24 bits per heavy atom. The lowest BCUT2D eigenvalue weighted by Crippen LogP contribution is -2.39. The zero-order valence-electron chi connectivity index (χ0n) is 14.4. The molecular weight excluding hydrogens is 308 g/mol. The lowest BCUT2D eigenvalue weighted by atomic mass is 9.74. The van der Waals surface area contributed by atoms with Crippen molar-refractivity contribution in [3.05, 3.63) is 108 Å². The molecule has 128 valence electrons. The zero-order valence-corrected chi connectivity index (χ0v) is 14.4. The first-order chi connectivity index (χ1) is 12.1. The molecule has 3 aromatic carbocycles. The molecule has 0 unspecified atom stereocenters. The van der Waals surface area contributed by atoms with Gasteiger partial charge in [0.1, 0.15) is 0 Å². The third-order valence-electron chi connectivity index (χ3n) is 4.96. The zero-order chi connectivity index (χ0) is 17.7. The van der Waals surface area contributed by atoms with Gasteiger partial charge in [0.15, 0.2) is 0 Å². The molecule has 0 aromatic heterocycles. The molecule has 2 heteroatoms. The summed E-state index contributed by atoms with van der Waals surface area (Å²) in [5, 5.41) is 22.6. The van der Waals surface area contributed by atoms with Gasteiger partial charge in [-0.05, 0) is 16.7 Å². The third-order valence-corrected chi connectivity index (χ3v) is 4.96. The van der Waals surface area contributed by atoms with E-state index in [4.69, 9.17) is 0 Å². The lowest BCUT2D eigenvalue weighted by molar-refractivity contribution is -0.0707. The average Bonchev–Trinajstić information content (AvgIpc) is 2.69. The fraction of sp³-hybridized carbons (Fsp3) is 0.217. The van der Waals surface area contributed by atoms with Gasteiger partial charge < -0.3 is 10.2 Å². The molecule has 0 radical (unpaired) electrons. The predicted molar refractivity (Wildman–Crippen MR) is 101 cm³/mol. The molecule has 0 bridgehead atoms. The first kappa shape index (κ1) is 17.4. The van der Waals surface area contributed by atoms with Gasteiger partial charge in [-0.1, -0.05) is 97.9 Å². The highest BCUT2D eigenvalue weighted by atomic mass is 16.3. The summed E-state index contributed by atoms with van der Waals surface area (Å²) in [6.07, 6.45) is -0.307. The minimum atomic E-state index is -1.17. The highest BCUT2D eigenvalue weighted by molar-refractivity contribution is 5.29. The smallest absolute Gasteiger partial charge is 0.0990 e. The van der Waals surface area contributed by atoms with Crippen LogP contribution in [-0.4, -0.2) is 10.2 Å². The van der Waals surface area contributed by atoms with Crippen molar-refractivity contribution in [1.82, 2.24) is 0 Å². The highest BCUT2D eigenvalue weighted by Crippen LogP contribution is 2.40. The maximum absolute atomic E-state index is 11.7. The molecule has 0 aliphatic carbocycles. The monoisotopic (exact) mass is 332 g/mol. The lowest BCUT2D eigenvalue weighted by Gasteiger charge is -2.38. The standard InChI is InChI=1S/C23H24O2/c1-18(22(24)20-13-7-3-8-14-20)23(25,21-15-9-4-10-16-21)17-19-11-5-2-6-12-19/h2-16,18,22,24-25H,17H2,1H3/t18-,22-,23+/m0/s1. The first-order valence-electron chi connectivity index (χ1n) is 8.66. The van der Waals surface area contributed by atoms with Crippen molar-refractivity contribution < 1.29 is 10.2 Å². The second-order valence-corrected chi connectivity index (χ2v) is 6.60. The van der Waals surface area contributed by atoms with Crippen LogP contribution in [0.15, 0.2) is 91.0 Å². The van der Waals surface area contributed by atoms with Crippen LogP contribution in [0.2, 0.25) is 0 Å². The Bertz CT molecular complexity index is 771. The van der Waals surface area contributed by atoms with Crippen LogP contribution in [-0.2, 0) is 12.0 Å². The maximum atomic E-state index is 11.7. The number of hydrogen-bond acceptors (Lipinski definition) is 2. The van der Waals surface area contributed by atoms with Crippen LogP contribution < -0.4 is 0 Å². The van der Waals surface area contributed by atoms with E-state index in [2.05, 4.69) is 0 Å². The first-order valence-corrected chi connectivity index (χ1v) is 8.66. The second kappa shape index (κ2) is 7.64. The summed E-state index contributed by atoms with van der Waals surface area (Å²) in [4.78, 5) is 0. The van der Waals surface area contributed by atoms with Crippen LogP contribution >= 0.6 is 0 Å². The fourth-order valence-corrected chi connectivity index (χ4v) is 3.36. The van der Waals surface area contributed by atoms with E-state index in [0.29, 0.717) is 6.42 Å². The van der Waals surface area contributed by atoms with Crippen LogP contribution in [0.25, 0.3) is 0 Å². The summed E-state index contributed by atoms with van der Waals surface area (Å²) in [6.45, 7) is 1.91. The summed E-state index contributed by atoms with van der Waals surface area (Å²) < 4.78 is 0. The molecule has 0 fully saturated rings. The van der Waals surface area contributed by atoms with Crippen molar-refractivity contribution in [2.24, 2.45) is 5.92 Å². The molecule has 2 nitrogen and oxygen atoms in total. The molecule has 2 N–H and O–H groups in total. The third kappa shape index (κ3) is 3.81. The van der Waals surface area contributed by atoms with E-state index in [1.54, 1.807) is 0 Å². The summed E-state index contributed by atoms with van der Waals surface area (Å²) >= 11 is 0. The number of aliphatic hydroxyl groups excluding tert-OH is 1. The molecule has 3 atom stereocenters. The Labute approximate surface area is 149 Å². The van der Waals surface area contributed by atoms with Gasteiger partial charge in [0, 0.05) is 12.3 Å². The normalized spacial score (nSPS) is 16.0. The van der Waals surface area contributed by atoms with Crippen molar-refractivity contribution in [3.8, 4) is 0 Å². The van der Waals surface area contributed by atoms with Crippen LogP contribution in [0.1, 0.15) is 29.7 Å². The Hall–Kier alpha value is -2.42. The molecule has 0 aliphatic heterocycles. The number of rotatable bonds is 6. The summed E-state index contributed by atoms with van der Waals surface area (Å²) in [5.41, 5.74) is 1.51. The quantitative estimate of drug-likeness (QED) is 0.698. The molecule has 0 saturated heterocycles. The van der Waals surface area contributed by atoms with E-state index in [9.17, 15) is 10.2 Å². The largest absolute Gasteiger partial charge is 0.388 e. The highest BCUT2D eigenvalue weighted by Gasteiger charge is 2.40. The van der Waals surface area contributed by atoms with Crippen molar-refractivity contribution in [2.75, 3.05) is 0 Å². The summed E-state index contributed by atoms with van der Waals surface area (Å²) in [7, 11) is 0. The molecule has 0 amide bonds. The molecule has 3 rings (SSSR count). The number of aliphatic hydroxyl groups is 2. The Balaban J connectivity index is 1.98. The van der Waals surface area contributed by atoms with Crippen LogP contribution in [0.5, 0.6) is 0 Å². The van der Waals surface area contributed by atoms with Gasteiger partial charge >= 0.3 is 0 Å². The Kier molecular flexibility index (Phi) is 5.32. The topological polar surface area (TPSA) is 40.5 Å². The fourth-order valence-electron chi connectivity index (χ4n) is 3.36. The second-order valence-electron chi connectivity index (χ2n) is 6.60. The van der Waals surface area contributed by atoms with Gasteiger partial charge in [0.2, 0.25) is 0 Å². The van der Waals surface area contributed by atoms with Gasteiger partial charge in [0.25, 0.3) is 0 Å². The Morgan fingerprint density at radius 3 is 1.80 bits per heavy atom. The minimum absolute atomic E-state index is 0.377. The predicted octanol–water partition coefficient (Wildman–Crippen LogP) is 4.49. The average molecular weight is 332 g/mol.